The Hall–Kier alpha value is -4.53. The number of aromatic nitrogens is 2. The van der Waals surface area contributed by atoms with Gasteiger partial charge in [0, 0.05) is 34.3 Å². The highest BCUT2D eigenvalue weighted by atomic mass is 16.5. The number of ether oxygens (including phenoxy) is 4. The second-order valence-electron chi connectivity index (χ2n) is 8.66. The van der Waals surface area contributed by atoms with E-state index in [0.717, 1.165) is 11.3 Å². The van der Waals surface area contributed by atoms with E-state index in [0.29, 0.717) is 58.3 Å². The van der Waals surface area contributed by atoms with Gasteiger partial charge in [0.2, 0.25) is 5.88 Å². The Morgan fingerprint density at radius 1 is 0.947 bits per heavy atom. The molecule has 4 aromatic rings. The molecule has 0 aliphatic carbocycles. The van der Waals surface area contributed by atoms with Gasteiger partial charge in [-0.05, 0) is 55.8 Å². The molecule has 1 atom stereocenters. The zero-order chi connectivity index (χ0) is 27.4. The van der Waals surface area contributed by atoms with Crippen LogP contribution in [0.15, 0.2) is 54.6 Å². The van der Waals surface area contributed by atoms with E-state index in [2.05, 4.69) is 4.98 Å². The van der Waals surface area contributed by atoms with E-state index >= 15 is 0 Å². The summed E-state index contributed by atoms with van der Waals surface area (Å²) in [5, 5.41) is 10.0. The van der Waals surface area contributed by atoms with E-state index in [1.807, 2.05) is 23.6 Å². The number of benzene rings is 2. The number of pyridine rings is 1. The van der Waals surface area contributed by atoms with E-state index in [4.69, 9.17) is 18.9 Å². The average molecular weight is 519 g/mol. The highest BCUT2D eigenvalue weighted by Crippen LogP contribution is 2.32. The first-order valence-electron chi connectivity index (χ1n) is 12.1. The highest BCUT2D eigenvalue weighted by Gasteiger charge is 2.24. The molecular weight excluding hydrogens is 488 g/mol. The summed E-state index contributed by atoms with van der Waals surface area (Å²) in [6.07, 6.45) is -0.628. The van der Waals surface area contributed by atoms with Gasteiger partial charge >= 0.3 is 5.97 Å². The molecule has 2 aromatic carbocycles. The molecule has 0 aliphatic rings. The van der Waals surface area contributed by atoms with Crippen LogP contribution < -0.4 is 18.9 Å². The Balaban J connectivity index is 1.78. The summed E-state index contributed by atoms with van der Waals surface area (Å²) < 4.78 is 23.8. The number of aliphatic carboxylic acids is 1. The number of hydrogen-bond acceptors (Lipinski definition) is 7. The van der Waals surface area contributed by atoms with Gasteiger partial charge in [-0.25, -0.2) is 4.79 Å². The van der Waals surface area contributed by atoms with Crippen LogP contribution in [0.1, 0.15) is 40.5 Å². The van der Waals surface area contributed by atoms with Crippen LogP contribution in [-0.2, 0) is 11.3 Å². The number of carboxylic acid groups (broad SMARTS) is 1. The van der Waals surface area contributed by atoms with Gasteiger partial charge in [0.1, 0.15) is 22.9 Å². The molecule has 1 N–H and O–H groups in total. The lowest BCUT2D eigenvalue weighted by atomic mass is 10.0. The van der Waals surface area contributed by atoms with Gasteiger partial charge in [0.15, 0.2) is 11.9 Å². The third-order valence-electron chi connectivity index (χ3n) is 6.44. The Labute approximate surface area is 220 Å². The Kier molecular flexibility index (Phi) is 7.85. The van der Waals surface area contributed by atoms with Gasteiger partial charge in [-0.2, -0.15) is 4.98 Å². The first-order valence-corrected chi connectivity index (χ1v) is 12.1. The molecule has 2 heterocycles. The minimum absolute atomic E-state index is 0.129. The maximum atomic E-state index is 13.7. The third-order valence-corrected chi connectivity index (χ3v) is 6.44. The zero-order valence-electron chi connectivity index (χ0n) is 22.0. The molecular formula is C29H30N2O7. The molecule has 0 amide bonds. The van der Waals surface area contributed by atoms with Crippen LogP contribution in [0.4, 0.5) is 0 Å². The summed E-state index contributed by atoms with van der Waals surface area (Å²) >= 11 is 0. The van der Waals surface area contributed by atoms with Crippen LogP contribution in [0, 0.1) is 6.92 Å². The predicted molar refractivity (Wildman–Crippen MR) is 142 cm³/mol. The lowest BCUT2D eigenvalue weighted by molar-refractivity contribution is -0.145. The molecule has 0 aliphatic heterocycles. The largest absolute Gasteiger partial charge is 0.497 e. The van der Waals surface area contributed by atoms with E-state index in [1.165, 1.54) is 7.11 Å². The first-order chi connectivity index (χ1) is 18.3. The van der Waals surface area contributed by atoms with Gasteiger partial charge in [0.25, 0.3) is 0 Å². The lowest BCUT2D eigenvalue weighted by Gasteiger charge is -2.16. The fourth-order valence-corrected chi connectivity index (χ4v) is 4.37. The van der Waals surface area contributed by atoms with Crippen LogP contribution in [0.25, 0.3) is 11.0 Å². The van der Waals surface area contributed by atoms with Gasteiger partial charge in [-0.1, -0.05) is 6.92 Å². The number of methoxy groups -OCH3 is 3. The smallest absolute Gasteiger partial charge is 0.344 e. The molecule has 0 saturated heterocycles. The number of hydrogen-bond donors (Lipinski definition) is 1. The van der Waals surface area contributed by atoms with E-state index in [1.54, 1.807) is 63.6 Å². The first kappa shape index (κ1) is 26.5. The van der Waals surface area contributed by atoms with Gasteiger partial charge in [-0.3, -0.25) is 4.79 Å². The minimum atomic E-state index is -1.03. The maximum absolute atomic E-state index is 13.7. The van der Waals surface area contributed by atoms with E-state index in [-0.39, 0.29) is 5.78 Å². The van der Waals surface area contributed by atoms with Crippen molar-refractivity contribution in [3.05, 3.63) is 77.0 Å². The van der Waals surface area contributed by atoms with Gasteiger partial charge in [-0.15, -0.1) is 0 Å². The number of carboxylic acids is 1. The lowest BCUT2D eigenvalue weighted by Crippen LogP contribution is -2.25. The molecule has 0 spiro atoms. The predicted octanol–water partition coefficient (Wildman–Crippen LogP) is 4.89. The van der Waals surface area contributed by atoms with Crippen molar-refractivity contribution in [2.45, 2.75) is 32.9 Å². The van der Waals surface area contributed by atoms with Gasteiger partial charge in [0.05, 0.1) is 33.4 Å². The van der Waals surface area contributed by atoms with Crippen LogP contribution in [0.5, 0.6) is 23.1 Å². The number of carbonyl (C=O) groups is 2. The summed E-state index contributed by atoms with van der Waals surface area (Å²) in [7, 11) is 4.66. The quantitative estimate of drug-likeness (QED) is 0.280. The number of rotatable bonds is 11. The van der Waals surface area contributed by atoms with Crippen molar-refractivity contribution in [2.24, 2.45) is 0 Å². The van der Waals surface area contributed by atoms with E-state index < -0.39 is 12.1 Å². The standard InChI is InChI=1S/C29H30N2O7/c1-6-23(29(33)34)38-21-12-9-19(24(15-21)36-4)16-31-17(2)26(22-13-14-25(37-5)30-28(22)31)27(32)18-7-10-20(35-3)11-8-18/h7-15,23H,6,16H2,1-5H3,(H,33,34). The second kappa shape index (κ2) is 11.2. The van der Waals surface area contributed by atoms with Crippen molar-refractivity contribution < 1.29 is 33.6 Å². The second-order valence-corrected chi connectivity index (χ2v) is 8.66. The Morgan fingerprint density at radius 3 is 2.26 bits per heavy atom. The molecule has 38 heavy (non-hydrogen) atoms. The molecule has 0 saturated carbocycles. The molecule has 1 unspecified atom stereocenters. The Morgan fingerprint density at radius 2 is 1.66 bits per heavy atom. The molecule has 0 radical (unpaired) electrons. The van der Waals surface area contributed by atoms with Crippen molar-refractivity contribution in [3.63, 3.8) is 0 Å². The van der Waals surface area contributed by atoms with Crippen molar-refractivity contribution in [2.75, 3.05) is 21.3 Å². The van der Waals surface area contributed by atoms with Crippen LogP contribution >= 0.6 is 0 Å². The number of ketones is 1. The normalized spacial score (nSPS) is 11.7. The fraction of sp³-hybridized carbons (Fsp3) is 0.276. The summed E-state index contributed by atoms with van der Waals surface area (Å²) in [6.45, 7) is 3.97. The number of nitrogens with zero attached hydrogens (tertiary/aromatic N) is 2. The monoisotopic (exact) mass is 518 g/mol. The number of fused-ring (bicyclic) bond motifs is 1. The molecule has 0 bridgehead atoms. The molecule has 2 aromatic heterocycles. The average Bonchev–Trinajstić information content (AvgIpc) is 3.21. The van der Waals surface area contributed by atoms with Crippen molar-refractivity contribution in [3.8, 4) is 23.1 Å². The van der Waals surface area contributed by atoms with Crippen molar-refractivity contribution in [1.29, 1.82) is 0 Å². The summed E-state index contributed by atoms with van der Waals surface area (Å²) in [6, 6.07) is 15.8. The maximum Gasteiger partial charge on any atom is 0.344 e. The minimum Gasteiger partial charge on any atom is -0.497 e. The Bertz CT molecular complexity index is 1470. The molecule has 4 rings (SSSR count). The highest BCUT2D eigenvalue weighted by molar-refractivity contribution is 6.17. The van der Waals surface area contributed by atoms with Crippen LogP contribution in [0.3, 0.4) is 0 Å². The third kappa shape index (κ3) is 5.13. The molecule has 9 heteroatoms. The zero-order valence-corrected chi connectivity index (χ0v) is 22.0. The number of carbonyl (C=O) groups excluding carboxylic acids is 1. The fourth-order valence-electron chi connectivity index (χ4n) is 4.37. The summed E-state index contributed by atoms with van der Waals surface area (Å²) in [4.78, 5) is 29.7. The van der Waals surface area contributed by atoms with Gasteiger partial charge < -0.3 is 28.6 Å². The summed E-state index contributed by atoms with van der Waals surface area (Å²) in [5.74, 6) is 0.851. The van der Waals surface area contributed by atoms with Crippen LogP contribution in [0.2, 0.25) is 0 Å². The molecule has 0 fully saturated rings. The van der Waals surface area contributed by atoms with Crippen molar-refractivity contribution in [1.82, 2.24) is 9.55 Å². The SMILES string of the molecule is CCC(Oc1ccc(Cn2c(C)c(C(=O)c3ccc(OC)cc3)c3ccc(OC)nc32)c(OC)c1)C(=O)O. The van der Waals surface area contributed by atoms with Crippen LogP contribution in [-0.4, -0.2) is 53.8 Å². The molecule has 198 valence electrons. The van der Waals surface area contributed by atoms with Crippen molar-refractivity contribution >= 4 is 22.8 Å². The van der Waals surface area contributed by atoms with E-state index in [9.17, 15) is 14.7 Å². The molecule has 9 nitrogen and oxygen atoms in total. The summed E-state index contributed by atoms with van der Waals surface area (Å²) in [5.41, 5.74) is 3.22. The topological polar surface area (TPSA) is 109 Å².